The van der Waals surface area contributed by atoms with Gasteiger partial charge in [-0.15, -0.1) is 0 Å². The topological polar surface area (TPSA) is 57.7 Å². The standard InChI is InChI=1S/C17H18Cl2N2O3/c1-10-4-2-3-5-14(10)21-16(23)15(22)20(17(21)24)9-11-6-7-12(18)13(19)8-11/h6-8,10,14H,2-5,9H2,1H3/t10-,14+/m0/s1. The molecule has 0 radical (unpaired) electrons. The van der Waals surface area contributed by atoms with E-state index in [0.717, 1.165) is 35.5 Å². The summed E-state index contributed by atoms with van der Waals surface area (Å²) in [7, 11) is 0. The van der Waals surface area contributed by atoms with Crippen molar-refractivity contribution in [3.8, 4) is 0 Å². The van der Waals surface area contributed by atoms with Crippen LogP contribution in [0.3, 0.4) is 0 Å². The molecule has 1 saturated heterocycles. The van der Waals surface area contributed by atoms with Crippen molar-refractivity contribution in [1.29, 1.82) is 0 Å². The lowest BCUT2D eigenvalue weighted by Crippen LogP contribution is -2.46. The molecular weight excluding hydrogens is 351 g/mol. The summed E-state index contributed by atoms with van der Waals surface area (Å²) in [5, 5.41) is 0.741. The first-order chi connectivity index (χ1) is 11.4. The minimum absolute atomic E-state index is 0.0118. The van der Waals surface area contributed by atoms with Gasteiger partial charge >= 0.3 is 17.8 Å². The number of carbonyl (C=O) groups is 3. The minimum atomic E-state index is -0.774. The normalized spacial score (nSPS) is 24.9. The highest BCUT2D eigenvalue weighted by molar-refractivity contribution is 6.44. The molecule has 1 heterocycles. The van der Waals surface area contributed by atoms with Crippen LogP contribution in [-0.4, -0.2) is 33.7 Å². The number of carbonyl (C=O) groups excluding carboxylic acids is 3. The quantitative estimate of drug-likeness (QED) is 0.601. The maximum absolute atomic E-state index is 12.7. The van der Waals surface area contributed by atoms with Gasteiger partial charge in [-0.1, -0.05) is 49.0 Å². The Bertz CT molecular complexity index is 707. The molecule has 4 amide bonds. The number of hydrogen-bond donors (Lipinski definition) is 0. The fourth-order valence-electron chi connectivity index (χ4n) is 3.46. The molecule has 3 rings (SSSR count). The molecule has 2 atom stereocenters. The Morgan fingerprint density at radius 1 is 1.04 bits per heavy atom. The zero-order chi connectivity index (χ0) is 17.4. The van der Waals surface area contributed by atoms with Crippen molar-refractivity contribution in [3.63, 3.8) is 0 Å². The molecule has 0 aromatic heterocycles. The molecule has 1 aromatic rings. The number of imide groups is 2. The highest BCUT2D eigenvalue weighted by Gasteiger charge is 2.48. The van der Waals surface area contributed by atoms with Crippen molar-refractivity contribution < 1.29 is 14.4 Å². The molecule has 2 fully saturated rings. The van der Waals surface area contributed by atoms with Crippen LogP contribution >= 0.6 is 23.2 Å². The molecule has 5 nitrogen and oxygen atoms in total. The fraction of sp³-hybridized carbons (Fsp3) is 0.471. The first-order valence-electron chi connectivity index (χ1n) is 8.03. The Balaban J connectivity index is 1.82. The number of rotatable bonds is 3. The van der Waals surface area contributed by atoms with Gasteiger partial charge in [0.05, 0.1) is 16.6 Å². The number of amides is 4. The van der Waals surface area contributed by atoms with Gasteiger partial charge < -0.3 is 0 Å². The van der Waals surface area contributed by atoms with Gasteiger partial charge in [0, 0.05) is 6.04 Å². The van der Waals surface area contributed by atoms with Crippen molar-refractivity contribution in [1.82, 2.24) is 9.80 Å². The number of hydrogen-bond acceptors (Lipinski definition) is 3. The maximum Gasteiger partial charge on any atom is 0.334 e. The van der Waals surface area contributed by atoms with Crippen LogP contribution < -0.4 is 0 Å². The smallest absolute Gasteiger partial charge is 0.263 e. The third kappa shape index (κ3) is 3.03. The monoisotopic (exact) mass is 368 g/mol. The molecule has 0 unspecified atom stereocenters. The number of urea groups is 1. The van der Waals surface area contributed by atoms with Gasteiger partial charge in [-0.2, -0.15) is 0 Å². The van der Waals surface area contributed by atoms with Crippen LogP contribution in [-0.2, 0) is 16.1 Å². The van der Waals surface area contributed by atoms with E-state index in [4.69, 9.17) is 23.2 Å². The fourth-order valence-corrected chi connectivity index (χ4v) is 3.78. The van der Waals surface area contributed by atoms with E-state index in [0.29, 0.717) is 15.6 Å². The summed E-state index contributed by atoms with van der Waals surface area (Å²) < 4.78 is 0. The van der Waals surface area contributed by atoms with E-state index in [1.165, 1.54) is 0 Å². The molecule has 128 valence electrons. The van der Waals surface area contributed by atoms with Gasteiger partial charge in [-0.25, -0.2) is 4.79 Å². The van der Waals surface area contributed by atoms with E-state index in [9.17, 15) is 14.4 Å². The van der Waals surface area contributed by atoms with Gasteiger partial charge in [0.15, 0.2) is 0 Å². The Hall–Kier alpha value is -1.59. The van der Waals surface area contributed by atoms with Crippen molar-refractivity contribution in [3.05, 3.63) is 33.8 Å². The second-order valence-corrected chi connectivity index (χ2v) is 7.24. The highest BCUT2D eigenvalue weighted by Crippen LogP contribution is 2.32. The summed E-state index contributed by atoms with van der Waals surface area (Å²) in [5.74, 6) is -1.29. The van der Waals surface area contributed by atoms with E-state index in [1.54, 1.807) is 18.2 Å². The lowest BCUT2D eigenvalue weighted by molar-refractivity contribution is -0.144. The molecule has 0 spiro atoms. The Kier molecular flexibility index (Phi) is 4.83. The van der Waals surface area contributed by atoms with Crippen LogP contribution in [0.25, 0.3) is 0 Å². The summed E-state index contributed by atoms with van der Waals surface area (Å²) in [6.45, 7) is 2.04. The summed E-state index contributed by atoms with van der Waals surface area (Å²) in [6.07, 6.45) is 3.77. The van der Waals surface area contributed by atoms with Crippen LogP contribution in [0.15, 0.2) is 18.2 Å². The maximum atomic E-state index is 12.7. The van der Waals surface area contributed by atoms with Gasteiger partial charge in [0.2, 0.25) is 0 Å². The van der Waals surface area contributed by atoms with Gasteiger partial charge in [0.1, 0.15) is 0 Å². The van der Waals surface area contributed by atoms with Crippen molar-refractivity contribution in [2.45, 2.75) is 45.2 Å². The van der Waals surface area contributed by atoms with Crippen LogP contribution in [0, 0.1) is 5.92 Å². The van der Waals surface area contributed by atoms with E-state index < -0.39 is 17.8 Å². The molecule has 2 aliphatic rings. The second-order valence-electron chi connectivity index (χ2n) is 6.43. The zero-order valence-corrected chi connectivity index (χ0v) is 14.8. The molecule has 1 aliphatic carbocycles. The van der Waals surface area contributed by atoms with Crippen LogP contribution in [0.5, 0.6) is 0 Å². The van der Waals surface area contributed by atoms with Crippen molar-refractivity contribution >= 4 is 41.0 Å². The van der Waals surface area contributed by atoms with Crippen molar-refractivity contribution in [2.75, 3.05) is 0 Å². The summed E-state index contributed by atoms with van der Waals surface area (Å²) in [5.41, 5.74) is 0.650. The van der Waals surface area contributed by atoms with Gasteiger partial charge in [0.25, 0.3) is 0 Å². The van der Waals surface area contributed by atoms with Crippen LogP contribution in [0.1, 0.15) is 38.2 Å². The predicted octanol–water partition coefficient (Wildman–Crippen LogP) is 3.86. The average Bonchev–Trinajstić information content (AvgIpc) is 2.76. The van der Waals surface area contributed by atoms with Crippen molar-refractivity contribution in [2.24, 2.45) is 5.92 Å². The first-order valence-corrected chi connectivity index (χ1v) is 8.78. The van der Waals surface area contributed by atoms with E-state index in [2.05, 4.69) is 0 Å². The zero-order valence-electron chi connectivity index (χ0n) is 13.3. The third-order valence-electron chi connectivity index (χ3n) is 4.81. The van der Waals surface area contributed by atoms with E-state index in [1.807, 2.05) is 6.92 Å². The van der Waals surface area contributed by atoms with Crippen LogP contribution in [0.2, 0.25) is 10.0 Å². The SMILES string of the molecule is C[C@H]1CCCC[C@H]1N1C(=O)C(=O)N(Cc2ccc(Cl)c(Cl)c2)C1=O. The Morgan fingerprint density at radius 3 is 2.42 bits per heavy atom. The number of benzene rings is 1. The molecule has 1 aliphatic heterocycles. The largest absolute Gasteiger partial charge is 0.334 e. The van der Waals surface area contributed by atoms with Gasteiger partial charge in [-0.05, 0) is 36.5 Å². The van der Waals surface area contributed by atoms with E-state index >= 15 is 0 Å². The second kappa shape index (κ2) is 6.73. The van der Waals surface area contributed by atoms with Crippen LogP contribution in [0.4, 0.5) is 4.79 Å². The Morgan fingerprint density at radius 2 is 1.75 bits per heavy atom. The van der Waals surface area contributed by atoms with E-state index in [-0.39, 0.29) is 18.5 Å². The number of nitrogens with zero attached hydrogens (tertiary/aromatic N) is 2. The summed E-state index contributed by atoms with van der Waals surface area (Å²) in [4.78, 5) is 39.5. The summed E-state index contributed by atoms with van der Waals surface area (Å²) >= 11 is 11.8. The molecule has 0 N–H and O–H groups in total. The molecular formula is C17H18Cl2N2O3. The number of halogens is 2. The molecule has 1 saturated carbocycles. The molecule has 24 heavy (non-hydrogen) atoms. The lowest BCUT2D eigenvalue weighted by atomic mass is 9.85. The minimum Gasteiger partial charge on any atom is -0.263 e. The molecule has 1 aromatic carbocycles. The summed E-state index contributed by atoms with van der Waals surface area (Å²) in [6, 6.07) is 4.16. The molecule has 7 heteroatoms. The Labute approximate surface area is 150 Å². The molecule has 0 bridgehead atoms. The highest BCUT2D eigenvalue weighted by atomic mass is 35.5. The first kappa shape index (κ1) is 17.2. The third-order valence-corrected chi connectivity index (χ3v) is 5.55. The lowest BCUT2D eigenvalue weighted by Gasteiger charge is -2.34. The predicted molar refractivity (Wildman–Crippen MR) is 90.7 cm³/mol. The van der Waals surface area contributed by atoms with Gasteiger partial charge in [-0.3, -0.25) is 19.4 Å². The average molecular weight is 369 g/mol.